The SMILES string of the molecule is CCNC(=O)NCCCCC(=O)NCC(=O)NC(CC(=O)OOC(=O)C(F)(F)F)c1ccc(-c2ccccc2)cc1. The number of rotatable bonds is 13. The maximum Gasteiger partial charge on any atom is 0.495 e. The Bertz CT molecular complexity index is 1180. The van der Waals surface area contributed by atoms with Crippen LogP contribution in [0.3, 0.4) is 0 Å². The van der Waals surface area contributed by atoms with Gasteiger partial charge in [0.25, 0.3) is 0 Å². The lowest BCUT2D eigenvalue weighted by molar-refractivity contribution is -0.286. The van der Waals surface area contributed by atoms with E-state index in [0.717, 1.165) is 11.1 Å². The third-order valence-corrected chi connectivity index (χ3v) is 5.47. The van der Waals surface area contributed by atoms with E-state index in [9.17, 15) is 37.1 Å². The van der Waals surface area contributed by atoms with E-state index in [0.29, 0.717) is 31.5 Å². The maximum absolute atomic E-state index is 12.5. The number of amides is 4. The zero-order valence-electron chi connectivity index (χ0n) is 22.2. The Hall–Kier alpha value is -4.62. The summed E-state index contributed by atoms with van der Waals surface area (Å²) in [5, 5.41) is 10.2. The number of hydrogen-bond acceptors (Lipinski definition) is 7. The van der Waals surface area contributed by atoms with E-state index in [2.05, 4.69) is 31.0 Å². The van der Waals surface area contributed by atoms with Gasteiger partial charge >= 0.3 is 24.1 Å². The summed E-state index contributed by atoms with van der Waals surface area (Å²) in [6.45, 7) is 2.21. The van der Waals surface area contributed by atoms with Gasteiger partial charge in [0.1, 0.15) is 0 Å². The van der Waals surface area contributed by atoms with E-state index in [1.165, 1.54) is 0 Å². The first-order valence-electron chi connectivity index (χ1n) is 12.7. The highest BCUT2D eigenvalue weighted by Crippen LogP contribution is 2.24. The maximum atomic E-state index is 12.5. The van der Waals surface area contributed by atoms with E-state index in [4.69, 9.17) is 0 Å². The first kappa shape index (κ1) is 32.6. The van der Waals surface area contributed by atoms with Gasteiger partial charge in [-0.15, -0.1) is 0 Å². The quantitative estimate of drug-likeness (QED) is 0.161. The van der Waals surface area contributed by atoms with Gasteiger partial charge < -0.3 is 21.3 Å². The zero-order chi connectivity index (χ0) is 30.3. The van der Waals surface area contributed by atoms with Crippen LogP contribution in [0.25, 0.3) is 11.1 Å². The topological polar surface area (TPSA) is 152 Å². The fourth-order valence-electron chi connectivity index (χ4n) is 3.47. The van der Waals surface area contributed by atoms with Crippen LogP contribution >= 0.6 is 0 Å². The summed E-state index contributed by atoms with van der Waals surface area (Å²) in [7, 11) is 0. The predicted molar refractivity (Wildman–Crippen MR) is 140 cm³/mol. The van der Waals surface area contributed by atoms with Crippen LogP contribution in [0.5, 0.6) is 0 Å². The zero-order valence-corrected chi connectivity index (χ0v) is 22.2. The second kappa shape index (κ2) is 16.5. The smallest absolute Gasteiger partial charge is 0.347 e. The highest BCUT2D eigenvalue weighted by atomic mass is 19.4. The van der Waals surface area contributed by atoms with Crippen LogP contribution in [-0.4, -0.2) is 55.6 Å². The summed E-state index contributed by atoms with van der Waals surface area (Å²) < 4.78 is 37.0. The minimum Gasteiger partial charge on any atom is -0.347 e. The van der Waals surface area contributed by atoms with Crippen molar-refractivity contribution in [3.05, 3.63) is 60.2 Å². The molecule has 0 aliphatic carbocycles. The van der Waals surface area contributed by atoms with E-state index in [1.807, 2.05) is 30.3 Å². The summed E-state index contributed by atoms with van der Waals surface area (Å²) in [5.41, 5.74) is 2.14. The molecule has 41 heavy (non-hydrogen) atoms. The minimum atomic E-state index is -5.36. The normalized spacial score (nSPS) is 11.5. The van der Waals surface area contributed by atoms with Gasteiger partial charge in [-0.1, -0.05) is 54.6 Å². The van der Waals surface area contributed by atoms with Gasteiger partial charge in [0.2, 0.25) is 11.8 Å². The molecule has 1 atom stereocenters. The van der Waals surface area contributed by atoms with E-state index in [1.54, 1.807) is 31.2 Å². The number of benzene rings is 2. The Kier molecular flexibility index (Phi) is 13.1. The summed E-state index contributed by atoms with van der Waals surface area (Å²) in [5.74, 6) is -5.15. The highest BCUT2D eigenvalue weighted by Gasteiger charge is 2.43. The first-order chi connectivity index (χ1) is 19.5. The molecule has 2 aromatic carbocycles. The lowest BCUT2D eigenvalue weighted by Gasteiger charge is -2.19. The Balaban J connectivity index is 1.95. The Morgan fingerprint density at radius 1 is 0.805 bits per heavy atom. The van der Waals surface area contributed by atoms with Gasteiger partial charge in [-0.3, -0.25) is 9.59 Å². The van der Waals surface area contributed by atoms with Gasteiger partial charge in [0.05, 0.1) is 19.0 Å². The first-order valence-corrected chi connectivity index (χ1v) is 12.7. The summed E-state index contributed by atoms with van der Waals surface area (Å²) in [6.07, 6.45) is -4.93. The number of urea groups is 1. The number of carbonyl (C=O) groups is 5. The fraction of sp³-hybridized carbons (Fsp3) is 0.370. The van der Waals surface area contributed by atoms with Gasteiger partial charge in [-0.05, 0) is 36.5 Å². The molecule has 0 fully saturated rings. The van der Waals surface area contributed by atoms with E-state index in [-0.39, 0.29) is 12.5 Å². The third kappa shape index (κ3) is 12.4. The highest BCUT2D eigenvalue weighted by molar-refractivity contribution is 5.85. The van der Waals surface area contributed by atoms with Crippen molar-refractivity contribution in [1.82, 2.24) is 21.3 Å². The minimum absolute atomic E-state index is 0.103. The van der Waals surface area contributed by atoms with Crippen molar-refractivity contribution in [2.45, 2.75) is 44.8 Å². The summed E-state index contributed by atoms with van der Waals surface area (Å²) in [4.78, 5) is 66.4. The van der Waals surface area contributed by atoms with Gasteiger partial charge in [0, 0.05) is 19.5 Å². The van der Waals surface area contributed by atoms with Gasteiger partial charge in [-0.25, -0.2) is 24.2 Å². The number of alkyl halides is 3. The molecular formula is C27H31F3N4O7. The van der Waals surface area contributed by atoms with Crippen molar-refractivity contribution in [3.8, 4) is 11.1 Å². The van der Waals surface area contributed by atoms with Crippen LogP contribution in [0.4, 0.5) is 18.0 Å². The molecule has 2 aromatic rings. The lowest BCUT2D eigenvalue weighted by atomic mass is 9.99. The number of nitrogens with one attached hydrogen (secondary N) is 4. The predicted octanol–water partition coefficient (Wildman–Crippen LogP) is 3.07. The molecule has 0 aliphatic heterocycles. The second-order valence-electron chi connectivity index (χ2n) is 8.66. The van der Waals surface area contributed by atoms with Gasteiger partial charge in [-0.2, -0.15) is 13.2 Å². The molecule has 14 heteroatoms. The van der Waals surface area contributed by atoms with Crippen molar-refractivity contribution in [2.75, 3.05) is 19.6 Å². The van der Waals surface area contributed by atoms with Crippen molar-refractivity contribution in [1.29, 1.82) is 0 Å². The largest absolute Gasteiger partial charge is 0.495 e. The Labute approximate surface area is 234 Å². The molecule has 0 saturated carbocycles. The van der Waals surface area contributed by atoms with Crippen LogP contribution < -0.4 is 21.3 Å². The Morgan fingerprint density at radius 3 is 2.10 bits per heavy atom. The molecule has 11 nitrogen and oxygen atoms in total. The molecule has 4 N–H and O–H groups in total. The van der Waals surface area contributed by atoms with Crippen LogP contribution in [0.1, 0.15) is 44.2 Å². The molecule has 0 radical (unpaired) electrons. The Morgan fingerprint density at radius 2 is 1.46 bits per heavy atom. The fourth-order valence-corrected chi connectivity index (χ4v) is 3.47. The molecule has 0 aliphatic rings. The van der Waals surface area contributed by atoms with Crippen molar-refractivity contribution < 1.29 is 46.9 Å². The lowest BCUT2D eigenvalue weighted by Crippen LogP contribution is -2.39. The van der Waals surface area contributed by atoms with E-state index < -0.39 is 48.9 Å². The van der Waals surface area contributed by atoms with Crippen molar-refractivity contribution >= 4 is 29.8 Å². The molecule has 0 saturated heterocycles. The van der Waals surface area contributed by atoms with Crippen LogP contribution in [0.2, 0.25) is 0 Å². The number of unbranched alkanes of at least 4 members (excludes halogenated alkanes) is 1. The number of hydrogen-bond donors (Lipinski definition) is 4. The molecule has 222 valence electrons. The molecule has 4 amide bonds. The average Bonchev–Trinajstić information content (AvgIpc) is 2.94. The van der Waals surface area contributed by atoms with Crippen molar-refractivity contribution in [3.63, 3.8) is 0 Å². The van der Waals surface area contributed by atoms with Crippen molar-refractivity contribution in [2.24, 2.45) is 0 Å². The molecule has 1 unspecified atom stereocenters. The third-order valence-electron chi connectivity index (χ3n) is 5.47. The average molecular weight is 581 g/mol. The molecular weight excluding hydrogens is 549 g/mol. The summed E-state index contributed by atoms with van der Waals surface area (Å²) in [6, 6.07) is 14.6. The molecule has 2 rings (SSSR count). The molecule has 0 aromatic heterocycles. The standard InChI is InChI=1S/C27H31F3N4O7/c1-2-31-26(39)32-15-7-6-10-22(35)33-17-23(36)34-21(16-24(37)40-41-25(38)27(28,29)30)20-13-11-19(12-14-20)18-8-4-3-5-9-18/h3-5,8-9,11-14,21H,2,6-7,10,15-17H2,1H3,(H,33,35)(H,34,36)(H2,31,32,39). The molecule has 0 heterocycles. The summed E-state index contributed by atoms with van der Waals surface area (Å²) >= 11 is 0. The van der Waals surface area contributed by atoms with Crippen LogP contribution in [0.15, 0.2) is 54.6 Å². The monoisotopic (exact) mass is 580 g/mol. The van der Waals surface area contributed by atoms with Gasteiger partial charge in [0.15, 0.2) is 0 Å². The molecule has 0 bridgehead atoms. The number of halogens is 3. The second-order valence-corrected chi connectivity index (χ2v) is 8.66. The van der Waals surface area contributed by atoms with E-state index >= 15 is 0 Å². The molecule has 0 spiro atoms. The number of carbonyl (C=O) groups excluding carboxylic acids is 5. The van der Waals surface area contributed by atoms with Crippen LogP contribution in [0, 0.1) is 0 Å². The van der Waals surface area contributed by atoms with Crippen LogP contribution in [-0.2, 0) is 29.0 Å².